The molecule has 1 fully saturated rings. The molecule has 0 amide bonds. The van der Waals surface area contributed by atoms with Gasteiger partial charge >= 0.3 is 0 Å². The molecule has 20 heavy (non-hydrogen) atoms. The molecule has 0 bridgehead atoms. The summed E-state index contributed by atoms with van der Waals surface area (Å²) in [6, 6.07) is 0.557. The third-order valence-electron chi connectivity index (χ3n) is 5.16. The molecule has 0 radical (unpaired) electrons. The molecule has 1 aliphatic heterocycles. The highest BCUT2D eigenvalue weighted by Gasteiger charge is 2.29. The lowest BCUT2D eigenvalue weighted by atomic mass is 9.79. The molecule has 3 heteroatoms. The lowest BCUT2D eigenvalue weighted by Gasteiger charge is -2.43. The first-order chi connectivity index (χ1) is 9.47. The SMILES string of the molecule is CC1=CCC[C@H](C)[C@@H]1CN1CCN(C[C@@H](C)O)[C@H](C)C1. The first kappa shape index (κ1) is 16.0. The predicted octanol–water partition coefficient (Wildman–Crippen LogP) is 2.37. The van der Waals surface area contributed by atoms with Crippen LogP contribution in [0.15, 0.2) is 11.6 Å². The van der Waals surface area contributed by atoms with E-state index in [0.29, 0.717) is 6.04 Å². The molecular formula is C17H32N2O. The number of hydrogen-bond acceptors (Lipinski definition) is 3. The van der Waals surface area contributed by atoms with Crippen molar-refractivity contribution in [1.29, 1.82) is 0 Å². The quantitative estimate of drug-likeness (QED) is 0.801. The van der Waals surface area contributed by atoms with Crippen molar-refractivity contribution in [2.75, 3.05) is 32.7 Å². The van der Waals surface area contributed by atoms with Gasteiger partial charge in [0.25, 0.3) is 0 Å². The minimum Gasteiger partial charge on any atom is -0.392 e. The van der Waals surface area contributed by atoms with Gasteiger partial charge in [0.15, 0.2) is 0 Å². The van der Waals surface area contributed by atoms with Crippen LogP contribution >= 0.6 is 0 Å². The zero-order valence-electron chi connectivity index (χ0n) is 13.7. The second-order valence-corrected chi connectivity index (χ2v) is 7.06. The summed E-state index contributed by atoms with van der Waals surface area (Å²) in [6.07, 6.45) is 4.84. The molecule has 1 aliphatic carbocycles. The summed E-state index contributed by atoms with van der Waals surface area (Å²) < 4.78 is 0. The fourth-order valence-corrected chi connectivity index (χ4v) is 3.82. The van der Waals surface area contributed by atoms with Crippen molar-refractivity contribution < 1.29 is 5.11 Å². The van der Waals surface area contributed by atoms with Crippen molar-refractivity contribution in [2.45, 2.75) is 52.7 Å². The number of aliphatic hydroxyl groups excluding tert-OH is 1. The van der Waals surface area contributed by atoms with Gasteiger partial charge in [-0.3, -0.25) is 9.80 Å². The van der Waals surface area contributed by atoms with Crippen LogP contribution in [0.4, 0.5) is 0 Å². The Morgan fingerprint density at radius 1 is 1.35 bits per heavy atom. The molecule has 1 heterocycles. The van der Waals surface area contributed by atoms with Crippen LogP contribution < -0.4 is 0 Å². The number of β-amino-alcohol motifs (C(OH)–C–C–N with tert-alkyl or cyclic N) is 1. The fourth-order valence-electron chi connectivity index (χ4n) is 3.82. The smallest absolute Gasteiger partial charge is 0.0639 e. The number of aliphatic hydroxyl groups is 1. The minimum atomic E-state index is -0.215. The van der Waals surface area contributed by atoms with Crippen molar-refractivity contribution in [3.63, 3.8) is 0 Å². The number of hydrogen-bond donors (Lipinski definition) is 1. The van der Waals surface area contributed by atoms with Gasteiger partial charge in [0.1, 0.15) is 0 Å². The van der Waals surface area contributed by atoms with E-state index in [1.807, 2.05) is 6.92 Å². The van der Waals surface area contributed by atoms with Crippen LogP contribution in [0.3, 0.4) is 0 Å². The zero-order valence-corrected chi connectivity index (χ0v) is 13.7. The lowest BCUT2D eigenvalue weighted by Crippen LogP contribution is -2.54. The average Bonchev–Trinajstić information content (AvgIpc) is 2.37. The molecule has 0 saturated carbocycles. The molecule has 0 aromatic carbocycles. The van der Waals surface area contributed by atoms with Gasteiger partial charge in [-0.05, 0) is 45.4 Å². The van der Waals surface area contributed by atoms with E-state index in [9.17, 15) is 5.11 Å². The van der Waals surface area contributed by atoms with Crippen molar-refractivity contribution in [3.05, 3.63) is 11.6 Å². The molecule has 1 saturated heterocycles. The van der Waals surface area contributed by atoms with Crippen LogP contribution in [0.25, 0.3) is 0 Å². The maximum atomic E-state index is 9.56. The summed E-state index contributed by atoms with van der Waals surface area (Å²) in [4.78, 5) is 5.06. The van der Waals surface area contributed by atoms with E-state index in [0.717, 1.165) is 38.0 Å². The Morgan fingerprint density at radius 2 is 2.10 bits per heavy atom. The maximum Gasteiger partial charge on any atom is 0.0639 e. The van der Waals surface area contributed by atoms with E-state index < -0.39 is 0 Å². The Labute approximate surface area is 124 Å². The Balaban J connectivity index is 1.86. The maximum absolute atomic E-state index is 9.56. The number of rotatable bonds is 4. The van der Waals surface area contributed by atoms with E-state index in [1.165, 1.54) is 19.4 Å². The van der Waals surface area contributed by atoms with Gasteiger partial charge in [-0.1, -0.05) is 18.6 Å². The highest BCUT2D eigenvalue weighted by atomic mass is 16.3. The highest BCUT2D eigenvalue weighted by Crippen LogP contribution is 2.31. The molecule has 4 atom stereocenters. The van der Waals surface area contributed by atoms with E-state index in [2.05, 4.69) is 36.6 Å². The Hall–Kier alpha value is -0.380. The van der Waals surface area contributed by atoms with Gasteiger partial charge in [-0.2, -0.15) is 0 Å². The normalized spacial score (nSPS) is 34.9. The molecule has 0 aromatic heterocycles. The van der Waals surface area contributed by atoms with E-state index >= 15 is 0 Å². The topological polar surface area (TPSA) is 26.7 Å². The van der Waals surface area contributed by atoms with Crippen LogP contribution in [0.5, 0.6) is 0 Å². The van der Waals surface area contributed by atoms with Gasteiger partial charge in [-0.25, -0.2) is 0 Å². The Morgan fingerprint density at radius 3 is 2.70 bits per heavy atom. The molecule has 3 nitrogen and oxygen atoms in total. The van der Waals surface area contributed by atoms with Crippen molar-refractivity contribution in [2.24, 2.45) is 11.8 Å². The average molecular weight is 280 g/mol. The molecule has 0 aromatic rings. The largest absolute Gasteiger partial charge is 0.392 e. The first-order valence-corrected chi connectivity index (χ1v) is 8.28. The van der Waals surface area contributed by atoms with Crippen LogP contribution in [0, 0.1) is 11.8 Å². The summed E-state index contributed by atoms with van der Waals surface area (Å²) in [6.45, 7) is 14.3. The fraction of sp³-hybridized carbons (Fsp3) is 0.882. The molecule has 116 valence electrons. The number of nitrogens with zero attached hydrogens (tertiary/aromatic N) is 2. The number of piperazine rings is 1. The second-order valence-electron chi connectivity index (χ2n) is 7.06. The van der Waals surface area contributed by atoms with Gasteiger partial charge in [0.05, 0.1) is 6.10 Å². The molecule has 2 rings (SSSR count). The van der Waals surface area contributed by atoms with Crippen LogP contribution in [-0.4, -0.2) is 59.8 Å². The zero-order chi connectivity index (χ0) is 14.7. The van der Waals surface area contributed by atoms with E-state index in [4.69, 9.17) is 0 Å². The summed E-state index contributed by atoms with van der Waals surface area (Å²) in [5.41, 5.74) is 1.60. The minimum absolute atomic E-state index is 0.215. The lowest BCUT2D eigenvalue weighted by molar-refractivity contribution is 0.0376. The third-order valence-corrected chi connectivity index (χ3v) is 5.16. The Bertz CT molecular complexity index is 340. The standard InChI is InChI=1S/C17H32N2O/c1-13-6-5-7-14(2)17(13)12-18-8-9-19(11-16(4)20)15(3)10-18/h6,14-17,20H,5,7-12H2,1-4H3/t14-,15+,16+,17+/m0/s1. The van der Waals surface area contributed by atoms with Gasteiger partial charge in [0.2, 0.25) is 0 Å². The highest BCUT2D eigenvalue weighted by molar-refractivity contribution is 5.09. The number of allylic oxidation sites excluding steroid dienone is 1. The monoisotopic (exact) mass is 280 g/mol. The molecule has 2 aliphatic rings. The van der Waals surface area contributed by atoms with Crippen molar-refractivity contribution in [3.8, 4) is 0 Å². The summed E-state index contributed by atoms with van der Waals surface area (Å²) in [5.74, 6) is 1.57. The van der Waals surface area contributed by atoms with E-state index in [1.54, 1.807) is 5.57 Å². The van der Waals surface area contributed by atoms with Gasteiger partial charge < -0.3 is 5.11 Å². The van der Waals surface area contributed by atoms with E-state index in [-0.39, 0.29) is 6.10 Å². The first-order valence-electron chi connectivity index (χ1n) is 8.28. The van der Waals surface area contributed by atoms with Gasteiger partial charge in [0, 0.05) is 38.8 Å². The molecular weight excluding hydrogens is 248 g/mol. The third kappa shape index (κ3) is 4.06. The second kappa shape index (κ2) is 7.06. The predicted molar refractivity (Wildman–Crippen MR) is 84.8 cm³/mol. The summed E-state index contributed by atoms with van der Waals surface area (Å²) in [7, 11) is 0. The van der Waals surface area contributed by atoms with Crippen LogP contribution in [-0.2, 0) is 0 Å². The molecule has 0 unspecified atom stereocenters. The molecule has 0 spiro atoms. The summed E-state index contributed by atoms with van der Waals surface area (Å²) in [5, 5.41) is 9.56. The summed E-state index contributed by atoms with van der Waals surface area (Å²) >= 11 is 0. The molecule has 1 N–H and O–H groups in total. The van der Waals surface area contributed by atoms with Crippen LogP contribution in [0.2, 0.25) is 0 Å². The van der Waals surface area contributed by atoms with Crippen molar-refractivity contribution in [1.82, 2.24) is 9.80 Å². The van der Waals surface area contributed by atoms with Crippen molar-refractivity contribution >= 4 is 0 Å². The Kier molecular flexibility index (Phi) is 5.65. The van der Waals surface area contributed by atoms with Gasteiger partial charge in [-0.15, -0.1) is 0 Å². The van der Waals surface area contributed by atoms with Crippen LogP contribution in [0.1, 0.15) is 40.5 Å².